The zero-order valence-electron chi connectivity index (χ0n) is 15.5. The summed E-state index contributed by atoms with van der Waals surface area (Å²) in [5.41, 5.74) is 1.15. The van der Waals surface area contributed by atoms with E-state index in [2.05, 4.69) is 6.92 Å². The summed E-state index contributed by atoms with van der Waals surface area (Å²) in [6, 6.07) is 4.46. The highest BCUT2D eigenvalue weighted by Crippen LogP contribution is 2.49. The third-order valence-corrected chi connectivity index (χ3v) is 6.51. The molecule has 3 atom stereocenters. The van der Waals surface area contributed by atoms with Gasteiger partial charge in [0.25, 0.3) is 0 Å². The Morgan fingerprint density at radius 2 is 1.74 bits per heavy atom. The van der Waals surface area contributed by atoms with Crippen LogP contribution in [0.4, 0.5) is 17.6 Å². The summed E-state index contributed by atoms with van der Waals surface area (Å²) in [4.78, 5) is 0. The molecule has 0 amide bonds. The maximum atomic E-state index is 15.2. The monoisotopic (exact) mass is 376 g/mol. The summed E-state index contributed by atoms with van der Waals surface area (Å²) in [6.07, 6.45) is 7.14. The minimum absolute atomic E-state index is 0.0421. The number of hydrogen-bond donors (Lipinski definition) is 0. The Hall–Kier alpha value is -1.84. The summed E-state index contributed by atoms with van der Waals surface area (Å²) < 4.78 is 56.9. The second kappa shape index (κ2) is 7.29. The van der Waals surface area contributed by atoms with Crippen LogP contribution in [-0.2, 0) is 6.42 Å². The third-order valence-electron chi connectivity index (χ3n) is 6.51. The molecule has 0 saturated heterocycles. The van der Waals surface area contributed by atoms with Gasteiger partial charge >= 0.3 is 0 Å². The van der Waals surface area contributed by atoms with Crippen LogP contribution in [0.5, 0.6) is 0 Å². The predicted octanol–water partition coefficient (Wildman–Crippen LogP) is 7.16. The lowest BCUT2D eigenvalue weighted by molar-refractivity contribution is 0.199. The molecule has 0 heterocycles. The van der Waals surface area contributed by atoms with Crippen LogP contribution < -0.4 is 0 Å². The molecule has 1 fully saturated rings. The average Bonchev–Trinajstić information content (AvgIpc) is 2.64. The smallest absolute Gasteiger partial charge is 0.159 e. The van der Waals surface area contributed by atoms with E-state index < -0.39 is 23.3 Å². The van der Waals surface area contributed by atoms with E-state index >= 15 is 4.39 Å². The largest absolute Gasteiger partial charge is 0.206 e. The van der Waals surface area contributed by atoms with Crippen molar-refractivity contribution in [2.24, 2.45) is 11.8 Å². The first-order valence-corrected chi connectivity index (χ1v) is 9.95. The molecule has 4 rings (SSSR count). The fourth-order valence-electron chi connectivity index (χ4n) is 5.27. The van der Waals surface area contributed by atoms with Gasteiger partial charge in [0.1, 0.15) is 11.6 Å². The van der Waals surface area contributed by atoms with Gasteiger partial charge in [0, 0.05) is 0 Å². The first kappa shape index (κ1) is 18.5. The van der Waals surface area contributed by atoms with Crippen LogP contribution in [0.1, 0.15) is 62.5 Å². The Morgan fingerprint density at radius 3 is 2.48 bits per heavy atom. The lowest BCUT2D eigenvalue weighted by Gasteiger charge is -2.41. The molecule has 0 N–H and O–H groups in total. The standard InChI is InChI=1S/C23H24F4/c1-2-3-13-4-7-16-14(10-13)5-8-17-18(16)12-21(26)22(23(17)27)15-6-9-19(24)20(25)11-15/h6,9,11-14,16H,2-5,7-8,10H2,1H3. The van der Waals surface area contributed by atoms with Gasteiger partial charge in [0.2, 0.25) is 0 Å². The van der Waals surface area contributed by atoms with Crippen molar-refractivity contribution in [3.8, 4) is 11.1 Å². The molecule has 144 valence electrons. The molecule has 0 aromatic heterocycles. The number of fused-ring (bicyclic) bond motifs is 3. The molecule has 27 heavy (non-hydrogen) atoms. The highest BCUT2D eigenvalue weighted by molar-refractivity contribution is 5.67. The van der Waals surface area contributed by atoms with Crippen molar-refractivity contribution in [3.63, 3.8) is 0 Å². The minimum Gasteiger partial charge on any atom is -0.206 e. The van der Waals surface area contributed by atoms with Gasteiger partial charge in [-0.1, -0.05) is 25.8 Å². The Labute approximate surface area is 157 Å². The van der Waals surface area contributed by atoms with Gasteiger partial charge in [-0.15, -0.1) is 0 Å². The van der Waals surface area contributed by atoms with Crippen LogP contribution in [0.2, 0.25) is 0 Å². The highest BCUT2D eigenvalue weighted by atomic mass is 19.2. The fourth-order valence-corrected chi connectivity index (χ4v) is 5.27. The van der Waals surface area contributed by atoms with Crippen LogP contribution in [0, 0.1) is 35.1 Å². The van der Waals surface area contributed by atoms with E-state index in [0.717, 1.165) is 49.3 Å². The average molecular weight is 376 g/mol. The predicted molar refractivity (Wildman–Crippen MR) is 98.5 cm³/mol. The van der Waals surface area contributed by atoms with Gasteiger partial charge in [-0.2, -0.15) is 0 Å². The highest BCUT2D eigenvalue weighted by Gasteiger charge is 2.37. The molecule has 2 aromatic carbocycles. The first-order chi connectivity index (χ1) is 13.0. The molecule has 0 aliphatic heterocycles. The number of halogens is 4. The van der Waals surface area contributed by atoms with E-state index in [1.165, 1.54) is 25.0 Å². The topological polar surface area (TPSA) is 0 Å². The minimum atomic E-state index is -1.10. The SMILES string of the molecule is CCCC1CCC2c3cc(F)c(-c4ccc(F)c(F)c4)c(F)c3CCC2C1. The van der Waals surface area contributed by atoms with Crippen molar-refractivity contribution < 1.29 is 17.6 Å². The van der Waals surface area contributed by atoms with Crippen LogP contribution in [0.3, 0.4) is 0 Å². The van der Waals surface area contributed by atoms with Crippen molar-refractivity contribution in [3.05, 3.63) is 58.7 Å². The zero-order valence-corrected chi connectivity index (χ0v) is 15.5. The molecule has 2 aromatic rings. The number of rotatable bonds is 3. The lowest BCUT2D eigenvalue weighted by atomic mass is 9.64. The summed E-state index contributed by atoms with van der Waals surface area (Å²) >= 11 is 0. The number of benzene rings is 2. The molecule has 3 unspecified atom stereocenters. The summed E-state index contributed by atoms with van der Waals surface area (Å²) in [6.45, 7) is 2.20. The van der Waals surface area contributed by atoms with E-state index in [-0.39, 0.29) is 17.0 Å². The van der Waals surface area contributed by atoms with Crippen molar-refractivity contribution in [2.75, 3.05) is 0 Å². The Morgan fingerprint density at radius 1 is 0.926 bits per heavy atom. The van der Waals surface area contributed by atoms with Crippen molar-refractivity contribution in [2.45, 2.75) is 57.8 Å². The van der Waals surface area contributed by atoms with Crippen LogP contribution in [-0.4, -0.2) is 0 Å². The normalized spacial score (nSPS) is 24.4. The first-order valence-electron chi connectivity index (χ1n) is 9.95. The Balaban J connectivity index is 1.72. The van der Waals surface area contributed by atoms with E-state index in [9.17, 15) is 13.2 Å². The molecule has 0 radical (unpaired) electrons. The van der Waals surface area contributed by atoms with Crippen LogP contribution in [0.15, 0.2) is 24.3 Å². The molecule has 2 aliphatic carbocycles. The quantitative estimate of drug-likeness (QED) is 0.499. The molecule has 2 aliphatic rings. The van der Waals surface area contributed by atoms with Crippen LogP contribution in [0.25, 0.3) is 11.1 Å². The Kier molecular flexibility index (Phi) is 5.00. The second-order valence-corrected chi connectivity index (χ2v) is 8.12. The van der Waals surface area contributed by atoms with Crippen molar-refractivity contribution in [1.29, 1.82) is 0 Å². The summed E-state index contributed by atoms with van der Waals surface area (Å²) in [5, 5.41) is 0. The molecule has 0 nitrogen and oxygen atoms in total. The van der Waals surface area contributed by atoms with Gasteiger partial charge in [-0.3, -0.25) is 0 Å². The molecular weight excluding hydrogens is 352 g/mol. The molecule has 4 heteroatoms. The molecule has 1 saturated carbocycles. The fraction of sp³-hybridized carbons (Fsp3) is 0.478. The van der Waals surface area contributed by atoms with E-state index in [4.69, 9.17) is 0 Å². The van der Waals surface area contributed by atoms with E-state index in [0.29, 0.717) is 17.9 Å². The summed E-state index contributed by atoms with van der Waals surface area (Å²) in [5.74, 6) is -1.98. The van der Waals surface area contributed by atoms with Gasteiger partial charge in [0.05, 0.1) is 5.56 Å². The molecule has 0 spiro atoms. The number of hydrogen-bond acceptors (Lipinski definition) is 0. The summed E-state index contributed by atoms with van der Waals surface area (Å²) in [7, 11) is 0. The van der Waals surface area contributed by atoms with E-state index in [1.54, 1.807) is 0 Å². The molecular formula is C23H24F4. The second-order valence-electron chi connectivity index (χ2n) is 8.12. The zero-order chi connectivity index (χ0) is 19.1. The molecule has 0 bridgehead atoms. The lowest BCUT2D eigenvalue weighted by Crippen LogP contribution is -2.29. The van der Waals surface area contributed by atoms with Gasteiger partial charge in [0.15, 0.2) is 11.6 Å². The Bertz CT molecular complexity index is 858. The maximum absolute atomic E-state index is 15.2. The van der Waals surface area contributed by atoms with Gasteiger partial charge in [-0.25, -0.2) is 17.6 Å². The van der Waals surface area contributed by atoms with E-state index in [1.807, 2.05) is 0 Å². The van der Waals surface area contributed by atoms with Crippen LogP contribution >= 0.6 is 0 Å². The third kappa shape index (κ3) is 3.28. The maximum Gasteiger partial charge on any atom is 0.159 e. The van der Waals surface area contributed by atoms with Crippen molar-refractivity contribution >= 4 is 0 Å². The van der Waals surface area contributed by atoms with Gasteiger partial charge < -0.3 is 0 Å². The van der Waals surface area contributed by atoms with Crippen molar-refractivity contribution in [1.82, 2.24) is 0 Å². The van der Waals surface area contributed by atoms with Gasteiger partial charge in [-0.05, 0) is 84.7 Å².